The molecule has 2 saturated carbocycles. The van der Waals surface area contributed by atoms with E-state index in [2.05, 4.69) is 58.3 Å². The van der Waals surface area contributed by atoms with Gasteiger partial charge in [-0.3, -0.25) is 25.7 Å². The highest BCUT2D eigenvalue weighted by Gasteiger charge is 2.60. The first kappa shape index (κ1) is 29.5. The standard InChI is InChI=1S/C33H46N4O4/c1-21(2)9-8-10-22(3)25-13-14-26-31-27(16-18-33(25,26)5)32(4)17-7-6-11-23(32)19-29(31)35-34-28-15-12-24(36(38)39)20-30(28)37(40)41/h6,11-12,15,19-22,25-27,31,34H,7-10,13-14,16-18H2,1-5H3/b35-29-/t22-,25-,26+,27+,31+,32+,33-/m1/s1. The van der Waals surface area contributed by atoms with Crippen molar-refractivity contribution in [2.24, 2.45) is 51.4 Å². The molecule has 0 aromatic heterocycles. The predicted octanol–water partition coefficient (Wildman–Crippen LogP) is 9.09. The molecule has 8 nitrogen and oxygen atoms in total. The average molecular weight is 563 g/mol. The Morgan fingerprint density at radius 3 is 2.51 bits per heavy atom. The number of hydrazone groups is 1. The molecule has 5 rings (SSSR count). The highest BCUT2D eigenvalue weighted by Crippen LogP contribution is 2.66. The maximum atomic E-state index is 11.8. The Labute approximate surface area is 244 Å². The summed E-state index contributed by atoms with van der Waals surface area (Å²) in [5, 5.41) is 27.9. The Bertz CT molecular complexity index is 1290. The van der Waals surface area contributed by atoms with Crippen LogP contribution in [0.3, 0.4) is 0 Å². The summed E-state index contributed by atoms with van der Waals surface area (Å²) < 4.78 is 0. The second-order valence-electron chi connectivity index (χ2n) is 14.1. The lowest BCUT2D eigenvalue weighted by atomic mass is 9.47. The van der Waals surface area contributed by atoms with Crippen LogP contribution >= 0.6 is 0 Å². The fraction of sp³-hybridized carbons (Fsp3) is 0.667. The number of nitro groups is 2. The first-order valence-corrected chi connectivity index (χ1v) is 15.6. The first-order chi connectivity index (χ1) is 19.5. The van der Waals surface area contributed by atoms with Gasteiger partial charge >= 0.3 is 5.69 Å². The Hall–Kier alpha value is -3.03. The maximum Gasteiger partial charge on any atom is 0.301 e. The minimum Gasteiger partial charge on any atom is -0.271 e. The summed E-state index contributed by atoms with van der Waals surface area (Å²) >= 11 is 0. The summed E-state index contributed by atoms with van der Waals surface area (Å²) in [5.74, 6) is 3.43. The van der Waals surface area contributed by atoms with E-state index in [4.69, 9.17) is 5.10 Å². The fourth-order valence-electron chi connectivity index (χ4n) is 9.20. The second kappa shape index (κ2) is 11.3. The van der Waals surface area contributed by atoms with E-state index in [1.165, 1.54) is 62.7 Å². The van der Waals surface area contributed by atoms with Crippen LogP contribution in [0.15, 0.2) is 47.1 Å². The first-order valence-electron chi connectivity index (χ1n) is 15.6. The third-order valence-corrected chi connectivity index (χ3v) is 11.4. The molecule has 0 bridgehead atoms. The van der Waals surface area contributed by atoms with Crippen LogP contribution in [0.5, 0.6) is 0 Å². The van der Waals surface area contributed by atoms with Gasteiger partial charge in [0.25, 0.3) is 5.69 Å². The lowest BCUT2D eigenvalue weighted by Gasteiger charge is -2.57. The van der Waals surface area contributed by atoms with Crippen LogP contribution in [0.2, 0.25) is 0 Å². The average Bonchev–Trinajstić information content (AvgIpc) is 3.28. The van der Waals surface area contributed by atoms with Crippen molar-refractivity contribution >= 4 is 22.8 Å². The summed E-state index contributed by atoms with van der Waals surface area (Å²) in [6.45, 7) is 12.1. The van der Waals surface area contributed by atoms with E-state index in [0.29, 0.717) is 23.7 Å². The molecule has 0 spiro atoms. The molecule has 8 heteroatoms. The van der Waals surface area contributed by atoms with Crippen LogP contribution in [-0.2, 0) is 0 Å². The summed E-state index contributed by atoms with van der Waals surface area (Å²) in [4.78, 5) is 21.8. The largest absolute Gasteiger partial charge is 0.301 e. The van der Waals surface area contributed by atoms with Crippen molar-refractivity contribution in [3.8, 4) is 0 Å². The van der Waals surface area contributed by atoms with Crippen LogP contribution in [0.4, 0.5) is 17.1 Å². The number of anilines is 1. The van der Waals surface area contributed by atoms with Gasteiger partial charge in [-0.05, 0) is 96.7 Å². The van der Waals surface area contributed by atoms with Crippen molar-refractivity contribution in [2.45, 2.75) is 92.4 Å². The fourth-order valence-corrected chi connectivity index (χ4v) is 9.20. The van der Waals surface area contributed by atoms with E-state index in [1.807, 2.05) is 0 Å². The van der Waals surface area contributed by atoms with Gasteiger partial charge in [-0.1, -0.05) is 66.0 Å². The number of fused-ring (bicyclic) bond motifs is 5. The Morgan fingerprint density at radius 2 is 1.80 bits per heavy atom. The lowest BCUT2D eigenvalue weighted by molar-refractivity contribution is -0.393. The predicted molar refractivity (Wildman–Crippen MR) is 164 cm³/mol. The van der Waals surface area contributed by atoms with Crippen molar-refractivity contribution in [3.05, 3.63) is 62.2 Å². The Kier molecular flexibility index (Phi) is 8.14. The number of non-ortho nitro benzene ring substituents is 1. The van der Waals surface area contributed by atoms with Crippen molar-refractivity contribution < 1.29 is 9.85 Å². The minimum atomic E-state index is -0.613. The molecule has 0 heterocycles. The van der Waals surface area contributed by atoms with Gasteiger partial charge in [0.05, 0.1) is 21.6 Å². The molecule has 1 N–H and O–H groups in total. The molecule has 222 valence electrons. The summed E-state index contributed by atoms with van der Waals surface area (Å²) in [7, 11) is 0. The van der Waals surface area contributed by atoms with Gasteiger partial charge in [0.15, 0.2) is 0 Å². The van der Waals surface area contributed by atoms with Gasteiger partial charge in [0.1, 0.15) is 5.69 Å². The molecule has 0 radical (unpaired) electrons. The third-order valence-electron chi connectivity index (χ3n) is 11.4. The zero-order chi connectivity index (χ0) is 29.5. The molecule has 2 fully saturated rings. The van der Waals surface area contributed by atoms with Crippen molar-refractivity contribution in [2.75, 3.05) is 5.43 Å². The van der Waals surface area contributed by atoms with Gasteiger partial charge in [0.2, 0.25) is 0 Å². The van der Waals surface area contributed by atoms with Crippen LogP contribution in [0.25, 0.3) is 0 Å². The lowest BCUT2D eigenvalue weighted by Crippen LogP contribution is -2.52. The van der Waals surface area contributed by atoms with Crippen molar-refractivity contribution in [3.63, 3.8) is 0 Å². The molecular formula is C33H46N4O4. The van der Waals surface area contributed by atoms with Crippen molar-refractivity contribution in [1.82, 2.24) is 0 Å². The Balaban J connectivity index is 1.49. The molecule has 1 aromatic carbocycles. The highest BCUT2D eigenvalue weighted by molar-refractivity contribution is 6.00. The molecule has 0 unspecified atom stereocenters. The Morgan fingerprint density at radius 1 is 1.02 bits per heavy atom. The molecule has 1 aromatic rings. The molecule has 7 atom stereocenters. The molecule has 0 amide bonds. The summed E-state index contributed by atoms with van der Waals surface area (Å²) in [5.41, 5.74) is 5.18. The normalized spacial score (nSPS) is 34.0. The van der Waals surface area contributed by atoms with E-state index < -0.39 is 9.85 Å². The number of nitro benzene ring substituents is 2. The molecule has 4 aliphatic carbocycles. The van der Waals surface area contributed by atoms with Gasteiger partial charge in [0, 0.05) is 12.0 Å². The SMILES string of the molecule is CC(C)CCC[C@@H](C)[C@H]1CC[C@H]2[C@@H]3/C(=N\Nc4ccc([N+](=O)[O-])cc4[N+](=O)[O-])C=C4C=CCC[C@]4(C)[C@H]3CC[C@]12C. The molecule has 4 aliphatic rings. The van der Waals surface area contributed by atoms with E-state index in [0.717, 1.165) is 30.5 Å². The number of nitrogens with zero attached hydrogens (tertiary/aromatic N) is 3. The minimum absolute atomic E-state index is 0.111. The molecular weight excluding hydrogens is 516 g/mol. The topological polar surface area (TPSA) is 111 Å². The molecule has 41 heavy (non-hydrogen) atoms. The quantitative estimate of drug-likeness (QED) is 0.238. The van der Waals surface area contributed by atoms with Gasteiger partial charge < -0.3 is 0 Å². The van der Waals surface area contributed by atoms with E-state index in [9.17, 15) is 20.2 Å². The molecule has 0 aliphatic heterocycles. The number of benzene rings is 1. The number of nitrogens with one attached hydrogen (secondary N) is 1. The van der Waals surface area contributed by atoms with Gasteiger partial charge in [-0.2, -0.15) is 5.10 Å². The monoisotopic (exact) mass is 562 g/mol. The van der Waals surface area contributed by atoms with Crippen LogP contribution in [0.1, 0.15) is 92.4 Å². The number of rotatable bonds is 9. The number of hydrogen-bond acceptors (Lipinski definition) is 6. The van der Waals surface area contributed by atoms with Gasteiger partial charge in [-0.15, -0.1) is 0 Å². The van der Waals surface area contributed by atoms with E-state index >= 15 is 0 Å². The number of hydrogen-bond donors (Lipinski definition) is 1. The summed E-state index contributed by atoms with van der Waals surface area (Å²) in [6.07, 6.45) is 17.7. The highest BCUT2D eigenvalue weighted by atomic mass is 16.6. The van der Waals surface area contributed by atoms with E-state index in [1.54, 1.807) is 0 Å². The zero-order valence-electron chi connectivity index (χ0n) is 25.3. The maximum absolute atomic E-state index is 11.8. The van der Waals surface area contributed by atoms with Crippen LogP contribution < -0.4 is 5.43 Å². The zero-order valence-corrected chi connectivity index (χ0v) is 25.3. The second-order valence-corrected chi connectivity index (χ2v) is 14.1. The van der Waals surface area contributed by atoms with Gasteiger partial charge in [-0.25, -0.2) is 0 Å². The van der Waals surface area contributed by atoms with Crippen molar-refractivity contribution in [1.29, 1.82) is 0 Å². The molecule has 0 saturated heterocycles. The van der Waals surface area contributed by atoms with Crippen LogP contribution in [-0.4, -0.2) is 15.6 Å². The van der Waals surface area contributed by atoms with Crippen LogP contribution in [0, 0.1) is 66.6 Å². The summed E-state index contributed by atoms with van der Waals surface area (Å²) in [6, 6.07) is 3.69. The number of allylic oxidation sites excluding steroid dienone is 4. The smallest absolute Gasteiger partial charge is 0.271 e. The van der Waals surface area contributed by atoms with E-state index in [-0.39, 0.29) is 33.8 Å². The third kappa shape index (κ3) is 5.35.